The summed E-state index contributed by atoms with van der Waals surface area (Å²) in [6.07, 6.45) is 0.640. The molecule has 21 heavy (non-hydrogen) atoms. The van der Waals surface area contributed by atoms with E-state index in [1.807, 2.05) is 6.92 Å². The number of benzene rings is 1. The highest BCUT2D eigenvalue weighted by molar-refractivity contribution is 6.09. The van der Waals surface area contributed by atoms with Crippen LogP contribution in [0.1, 0.15) is 13.3 Å². The van der Waals surface area contributed by atoms with Crippen molar-refractivity contribution in [1.29, 1.82) is 0 Å². The minimum absolute atomic E-state index is 0.115. The van der Waals surface area contributed by atoms with Gasteiger partial charge in [-0.05, 0) is 18.6 Å². The van der Waals surface area contributed by atoms with Gasteiger partial charge in [-0.1, -0.05) is 19.1 Å². The third-order valence-corrected chi connectivity index (χ3v) is 3.09. The van der Waals surface area contributed by atoms with Gasteiger partial charge in [-0.2, -0.15) is 0 Å². The minimum Gasteiger partial charge on any atom is -0.480 e. The summed E-state index contributed by atoms with van der Waals surface area (Å²) in [6.45, 7) is 1.69. The molecule has 2 rings (SSSR count). The third-order valence-electron chi connectivity index (χ3n) is 3.09. The number of amides is 3. The predicted molar refractivity (Wildman–Crippen MR) is 77.3 cm³/mol. The number of carbonyl (C=O) groups is 3. The first-order valence-corrected chi connectivity index (χ1v) is 6.70. The molecule has 0 aliphatic carbocycles. The van der Waals surface area contributed by atoms with E-state index in [9.17, 15) is 14.4 Å². The van der Waals surface area contributed by atoms with Crippen LogP contribution in [0.2, 0.25) is 0 Å². The number of fused-ring (bicyclic) bond motifs is 1. The molecule has 7 heteroatoms. The first-order chi connectivity index (χ1) is 10.0. The van der Waals surface area contributed by atoms with Crippen LogP contribution in [-0.4, -0.2) is 47.5 Å². The van der Waals surface area contributed by atoms with Gasteiger partial charge in [0, 0.05) is 6.54 Å². The molecule has 1 aromatic rings. The summed E-state index contributed by atoms with van der Waals surface area (Å²) in [5.41, 5.74) is 1.13. The van der Waals surface area contributed by atoms with E-state index in [1.54, 1.807) is 24.3 Å². The Morgan fingerprint density at radius 1 is 1.38 bits per heavy atom. The molecular formula is C14H17N3O4. The smallest absolute Gasteiger partial charge is 0.325 e. The van der Waals surface area contributed by atoms with Crippen molar-refractivity contribution < 1.29 is 19.5 Å². The van der Waals surface area contributed by atoms with Crippen molar-refractivity contribution in [2.75, 3.05) is 29.9 Å². The van der Waals surface area contributed by atoms with E-state index >= 15 is 0 Å². The second-order valence-corrected chi connectivity index (χ2v) is 4.75. The van der Waals surface area contributed by atoms with Crippen molar-refractivity contribution in [3.8, 4) is 0 Å². The lowest BCUT2D eigenvalue weighted by Gasteiger charge is -2.33. The van der Waals surface area contributed by atoms with Gasteiger partial charge in [-0.25, -0.2) is 4.79 Å². The van der Waals surface area contributed by atoms with E-state index in [2.05, 4.69) is 5.32 Å². The Labute approximate surface area is 122 Å². The van der Waals surface area contributed by atoms with Gasteiger partial charge in [-0.15, -0.1) is 0 Å². The first kappa shape index (κ1) is 14.8. The van der Waals surface area contributed by atoms with Gasteiger partial charge in [-0.3, -0.25) is 14.5 Å². The summed E-state index contributed by atoms with van der Waals surface area (Å²) < 4.78 is 0. The van der Waals surface area contributed by atoms with Crippen LogP contribution in [0.25, 0.3) is 0 Å². The summed E-state index contributed by atoms with van der Waals surface area (Å²) in [6, 6.07) is 6.47. The maximum Gasteiger partial charge on any atom is 0.325 e. The van der Waals surface area contributed by atoms with Crippen LogP contribution in [0, 0.1) is 0 Å². The maximum atomic E-state index is 12.5. The van der Waals surface area contributed by atoms with Crippen LogP contribution in [0.15, 0.2) is 24.3 Å². The molecule has 1 aliphatic rings. The van der Waals surface area contributed by atoms with Crippen LogP contribution in [0.5, 0.6) is 0 Å². The van der Waals surface area contributed by atoms with Gasteiger partial charge in [0.1, 0.15) is 13.1 Å². The molecule has 1 heterocycles. The zero-order chi connectivity index (χ0) is 15.4. The standard InChI is InChI=1S/C14H17N3O4/c1-2-7-16(9-13(19)20)14(21)17-8-12(18)15-10-5-3-4-6-11(10)17/h3-6H,2,7-9H2,1H3,(H,15,18)(H,19,20). The SMILES string of the molecule is CCCN(CC(=O)O)C(=O)N1CC(=O)Nc2ccccc21. The number of carboxylic acid groups (broad SMARTS) is 1. The van der Waals surface area contributed by atoms with Gasteiger partial charge in [0.2, 0.25) is 5.91 Å². The average molecular weight is 291 g/mol. The quantitative estimate of drug-likeness (QED) is 0.876. The summed E-state index contributed by atoms with van der Waals surface area (Å²) in [5, 5.41) is 11.6. The normalized spacial score (nSPS) is 13.4. The summed E-state index contributed by atoms with van der Waals surface area (Å²) in [5.74, 6) is -1.37. The summed E-state index contributed by atoms with van der Waals surface area (Å²) in [7, 11) is 0. The number of aliphatic carboxylic acids is 1. The Morgan fingerprint density at radius 3 is 2.76 bits per heavy atom. The molecule has 1 aromatic carbocycles. The molecule has 3 amide bonds. The molecule has 1 aliphatic heterocycles. The maximum absolute atomic E-state index is 12.5. The third kappa shape index (κ3) is 3.31. The number of hydrogen-bond acceptors (Lipinski definition) is 3. The zero-order valence-corrected chi connectivity index (χ0v) is 11.7. The molecule has 112 valence electrons. The van der Waals surface area contributed by atoms with E-state index in [1.165, 1.54) is 9.80 Å². The number of nitrogens with zero attached hydrogens (tertiary/aromatic N) is 2. The molecule has 0 bridgehead atoms. The van der Waals surface area contributed by atoms with E-state index in [4.69, 9.17) is 5.11 Å². The molecular weight excluding hydrogens is 274 g/mol. The highest BCUT2D eigenvalue weighted by Crippen LogP contribution is 2.29. The number of carboxylic acids is 1. The van der Waals surface area contributed by atoms with Gasteiger partial charge in [0.15, 0.2) is 0 Å². The number of nitrogens with one attached hydrogen (secondary N) is 1. The molecule has 0 unspecified atom stereocenters. The molecule has 0 radical (unpaired) electrons. The lowest BCUT2D eigenvalue weighted by Crippen LogP contribution is -2.50. The van der Waals surface area contributed by atoms with Crippen molar-refractivity contribution in [3.63, 3.8) is 0 Å². The van der Waals surface area contributed by atoms with Crippen molar-refractivity contribution in [3.05, 3.63) is 24.3 Å². The molecule has 0 saturated heterocycles. The van der Waals surface area contributed by atoms with Crippen LogP contribution < -0.4 is 10.2 Å². The molecule has 0 fully saturated rings. The van der Waals surface area contributed by atoms with E-state index in [0.717, 1.165) is 0 Å². The van der Waals surface area contributed by atoms with Gasteiger partial charge < -0.3 is 15.3 Å². The fourth-order valence-electron chi connectivity index (χ4n) is 2.25. The van der Waals surface area contributed by atoms with Crippen molar-refractivity contribution in [2.45, 2.75) is 13.3 Å². The number of anilines is 2. The van der Waals surface area contributed by atoms with E-state index < -0.39 is 12.0 Å². The van der Waals surface area contributed by atoms with Gasteiger partial charge in [0.05, 0.1) is 11.4 Å². The second kappa shape index (κ2) is 6.25. The van der Waals surface area contributed by atoms with E-state index in [-0.39, 0.29) is 19.0 Å². The highest BCUT2D eigenvalue weighted by atomic mass is 16.4. The van der Waals surface area contributed by atoms with Crippen molar-refractivity contribution in [1.82, 2.24) is 4.90 Å². The molecule has 2 N–H and O–H groups in total. The fraction of sp³-hybridized carbons (Fsp3) is 0.357. The number of para-hydroxylation sites is 2. The fourth-order valence-corrected chi connectivity index (χ4v) is 2.25. The van der Waals surface area contributed by atoms with Crippen LogP contribution >= 0.6 is 0 Å². The first-order valence-electron chi connectivity index (χ1n) is 6.70. The Bertz CT molecular complexity index is 573. The highest BCUT2D eigenvalue weighted by Gasteiger charge is 2.30. The number of urea groups is 1. The zero-order valence-electron chi connectivity index (χ0n) is 11.7. The van der Waals surface area contributed by atoms with Gasteiger partial charge in [0.25, 0.3) is 0 Å². The Balaban J connectivity index is 2.29. The average Bonchev–Trinajstić information content (AvgIpc) is 2.44. The Kier molecular flexibility index (Phi) is 4.42. The van der Waals surface area contributed by atoms with Crippen molar-refractivity contribution >= 4 is 29.3 Å². The number of carbonyl (C=O) groups excluding carboxylic acids is 2. The molecule has 0 atom stereocenters. The number of rotatable bonds is 4. The predicted octanol–water partition coefficient (Wildman–Crippen LogP) is 1.36. The van der Waals surface area contributed by atoms with E-state index in [0.29, 0.717) is 24.3 Å². The molecule has 7 nitrogen and oxygen atoms in total. The van der Waals surface area contributed by atoms with Crippen LogP contribution in [0.3, 0.4) is 0 Å². The van der Waals surface area contributed by atoms with Crippen molar-refractivity contribution in [2.24, 2.45) is 0 Å². The number of hydrogen-bond donors (Lipinski definition) is 2. The molecule has 0 spiro atoms. The van der Waals surface area contributed by atoms with Crippen LogP contribution in [-0.2, 0) is 9.59 Å². The lowest BCUT2D eigenvalue weighted by molar-refractivity contribution is -0.137. The van der Waals surface area contributed by atoms with Crippen LogP contribution in [0.4, 0.5) is 16.2 Å². The summed E-state index contributed by atoms with van der Waals surface area (Å²) in [4.78, 5) is 37.7. The second-order valence-electron chi connectivity index (χ2n) is 4.75. The lowest BCUT2D eigenvalue weighted by atomic mass is 10.2. The summed E-state index contributed by atoms with van der Waals surface area (Å²) >= 11 is 0. The largest absolute Gasteiger partial charge is 0.480 e. The molecule has 0 saturated carbocycles. The topological polar surface area (TPSA) is 90.0 Å². The minimum atomic E-state index is -1.08. The monoisotopic (exact) mass is 291 g/mol. The Morgan fingerprint density at radius 2 is 2.10 bits per heavy atom. The Hall–Kier alpha value is -2.57. The molecule has 0 aromatic heterocycles. The van der Waals surface area contributed by atoms with Gasteiger partial charge >= 0.3 is 12.0 Å².